The van der Waals surface area contributed by atoms with Gasteiger partial charge < -0.3 is 10.6 Å². The molecule has 1 saturated heterocycles. The summed E-state index contributed by atoms with van der Waals surface area (Å²) >= 11 is 1.19. The van der Waals surface area contributed by atoms with Crippen LogP contribution in [0.25, 0.3) is 0 Å². The van der Waals surface area contributed by atoms with Gasteiger partial charge in [0.1, 0.15) is 4.88 Å². The first-order chi connectivity index (χ1) is 9.26. The highest BCUT2D eigenvalue weighted by atomic mass is 32.2. The van der Waals surface area contributed by atoms with Crippen LogP contribution >= 0.6 is 11.3 Å². The van der Waals surface area contributed by atoms with Crippen molar-refractivity contribution in [3.05, 3.63) is 10.6 Å². The molecule has 0 aromatic carbocycles. The first-order valence-electron chi connectivity index (χ1n) is 6.26. The lowest BCUT2D eigenvalue weighted by atomic mass is 10.1. The Morgan fingerprint density at radius 1 is 1.45 bits per heavy atom. The second kappa shape index (κ2) is 5.66. The molecule has 20 heavy (non-hydrogen) atoms. The summed E-state index contributed by atoms with van der Waals surface area (Å²) < 4.78 is 24.9. The van der Waals surface area contributed by atoms with Crippen molar-refractivity contribution >= 4 is 32.4 Å². The molecule has 2 heterocycles. The quantitative estimate of drug-likeness (QED) is 0.827. The summed E-state index contributed by atoms with van der Waals surface area (Å²) in [6.45, 7) is 2.82. The molecule has 0 spiro atoms. The van der Waals surface area contributed by atoms with Gasteiger partial charge in [-0.25, -0.2) is 18.1 Å². The lowest BCUT2D eigenvalue weighted by Gasteiger charge is -2.31. The van der Waals surface area contributed by atoms with E-state index in [1.807, 2.05) is 0 Å². The summed E-state index contributed by atoms with van der Waals surface area (Å²) in [6, 6.07) is -0.0957. The number of carbonyl (C=O) groups is 1. The van der Waals surface area contributed by atoms with Crippen molar-refractivity contribution in [1.82, 2.24) is 14.6 Å². The third-order valence-corrected chi connectivity index (χ3v) is 4.91. The zero-order chi connectivity index (χ0) is 14.9. The number of aryl methyl sites for hydroxylation is 1. The molecule has 1 aromatic rings. The highest BCUT2D eigenvalue weighted by molar-refractivity contribution is 7.88. The topological polar surface area (TPSA) is 105 Å². The standard InChI is InChI=1S/C11H18N4O3S2/c1-7-9(19-11(12)13-7)10(16)15-5-3-8(4-6-15)14-20(2,17)18/h8,14H,3-6H2,1-2H3,(H2,12,13). The number of sulfonamides is 1. The number of rotatable bonds is 3. The molecule has 2 rings (SSSR count). The molecule has 0 aliphatic carbocycles. The molecule has 1 aliphatic heterocycles. The van der Waals surface area contributed by atoms with Crippen molar-refractivity contribution in [2.75, 3.05) is 25.1 Å². The van der Waals surface area contributed by atoms with Crippen LogP contribution in [0, 0.1) is 6.92 Å². The molecule has 0 atom stereocenters. The number of hydrogen-bond donors (Lipinski definition) is 2. The zero-order valence-corrected chi connectivity index (χ0v) is 13.1. The molecule has 1 amide bonds. The smallest absolute Gasteiger partial charge is 0.265 e. The number of aromatic nitrogens is 1. The first kappa shape index (κ1) is 15.2. The van der Waals surface area contributed by atoms with E-state index in [1.165, 1.54) is 11.3 Å². The Kier molecular flexibility index (Phi) is 4.31. The van der Waals surface area contributed by atoms with Crippen LogP contribution in [-0.4, -0.2) is 49.6 Å². The highest BCUT2D eigenvalue weighted by Gasteiger charge is 2.27. The molecular weight excluding hydrogens is 300 g/mol. The fraction of sp³-hybridized carbons (Fsp3) is 0.636. The van der Waals surface area contributed by atoms with E-state index >= 15 is 0 Å². The van der Waals surface area contributed by atoms with Crippen molar-refractivity contribution in [3.8, 4) is 0 Å². The normalized spacial score (nSPS) is 17.4. The molecule has 0 radical (unpaired) electrons. The maximum atomic E-state index is 12.3. The van der Waals surface area contributed by atoms with E-state index in [9.17, 15) is 13.2 Å². The number of thiazole rings is 1. The number of nitrogens with zero attached hydrogens (tertiary/aromatic N) is 2. The molecule has 9 heteroatoms. The number of nitrogens with two attached hydrogens (primary N) is 1. The molecule has 1 aliphatic rings. The molecule has 3 N–H and O–H groups in total. The van der Waals surface area contributed by atoms with Crippen LogP contribution in [0.1, 0.15) is 28.2 Å². The predicted molar refractivity (Wildman–Crippen MR) is 78.2 cm³/mol. The minimum atomic E-state index is -3.19. The number of nitrogen functional groups attached to an aromatic ring is 1. The minimum absolute atomic E-state index is 0.0745. The zero-order valence-electron chi connectivity index (χ0n) is 11.4. The van der Waals surface area contributed by atoms with Crippen molar-refractivity contribution in [1.29, 1.82) is 0 Å². The Bertz CT molecular complexity index is 603. The van der Waals surface area contributed by atoms with Crippen molar-refractivity contribution < 1.29 is 13.2 Å². The summed E-state index contributed by atoms with van der Waals surface area (Å²) in [5.74, 6) is -0.0745. The molecule has 0 bridgehead atoms. The van der Waals surface area contributed by atoms with Crippen molar-refractivity contribution in [2.24, 2.45) is 0 Å². The summed E-state index contributed by atoms with van der Waals surface area (Å²) in [5, 5.41) is 0.388. The van der Waals surface area contributed by atoms with E-state index in [-0.39, 0.29) is 11.9 Å². The van der Waals surface area contributed by atoms with Crippen molar-refractivity contribution in [3.63, 3.8) is 0 Å². The predicted octanol–water partition coefficient (Wildman–Crippen LogP) is 0.188. The van der Waals surface area contributed by atoms with Gasteiger partial charge in [0.05, 0.1) is 11.9 Å². The van der Waals surface area contributed by atoms with Gasteiger partial charge in [0.25, 0.3) is 5.91 Å². The van der Waals surface area contributed by atoms with Gasteiger partial charge in [0.15, 0.2) is 5.13 Å². The van der Waals surface area contributed by atoms with Crippen LogP contribution < -0.4 is 10.5 Å². The van der Waals surface area contributed by atoms with Gasteiger partial charge >= 0.3 is 0 Å². The molecule has 112 valence electrons. The average molecular weight is 318 g/mol. The van der Waals surface area contributed by atoms with Gasteiger partial charge in [-0.3, -0.25) is 4.79 Å². The lowest BCUT2D eigenvalue weighted by Crippen LogP contribution is -2.46. The van der Waals surface area contributed by atoms with Crippen LogP contribution in [0.15, 0.2) is 0 Å². The Hall–Kier alpha value is -1.19. The second-order valence-corrected chi connectivity index (χ2v) is 7.73. The van der Waals surface area contributed by atoms with Gasteiger partial charge in [-0.2, -0.15) is 0 Å². The van der Waals surface area contributed by atoms with Crippen LogP contribution in [0.2, 0.25) is 0 Å². The van der Waals surface area contributed by atoms with Crippen LogP contribution in [0.5, 0.6) is 0 Å². The van der Waals surface area contributed by atoms with Gasteiger partial charge in [-0.15, -0.1) is 0 Å². The average Bonchev–Trinajstić information content (AvgIpc) is 2.66. The molecule has 1 aromatic heterocycles. The molecule has 7 nitrogen and oxygen atoms in total. The summed E-state index contributed by atoms with van der Waals surface area (Å²) in [4.78, 5) is 18.7. The highest BCUT2D eigenvalue weighted by Crippen LogP contribution is 2.23. The fourth-order valence-corrected chi connectivity index (χ4v) is 3.91. The third-order valence-electron chi connectivity index (χ3n) is 3.17. The maximum Gasteiger partial charge on any atom is 0.265 e. The van der Waals surface area contributed by atoms with E-state index in [1.54, 1.807) is 11.8 Å². The Balaban J connectivity index is 1.97. The lowest BCUT2D eigenvalue weighted by molar-refractivity contribution is 0.0715. The Morgan fingerprint density at radius 2 is 2.05 bits per heavy atom. The summed E-state index contributed by atoms with van der Waals surface area (Å²) in [5.41, 5.74) is 6.25. The number of piperidine rings is 1. The number of nitrogens with one attached hydrogen (secondary N) is 1. The maximum absolute atomic E-state index is 12.3. The van der Waals surface area contributed by atoms with Crippen LogP contribution in [0.4, 0.5) is 5.13 Å². The number of amides is 1. The van der Waals surface area contributed by atoms with Crippen LogP contribution in [-0.2, 0) is 10.0 Å². The van der Waals surface area contributed by atoms with Gasteiger partial charge in [-0.1, -0.05) is 11.3 Å². The molecular formula is C11H18N4O3S2. The monoisotopic (exact) mass is 318 g/mol. The third kappa shape index (κ3) is 3.68. The largest absolute Gasteiger partial charge is 0.375 e. The van der Waals surface area contributed by atoms with E-state index in [0.717, 1.165) is 6.26 Å². The fourth-order valence-electron chi connectivity index (χ4n) is 2.26. The van der Waals surface area contributed by atoms with Crippen LogP contribution in [0.3, 0.4) is 0 Å². The number of carbonyl (C=O) groups excluding carboxylic acids is 1. The van der Waals surface area contributed by atoms with E-state index < -0.39 is 10.0 Å². The van der Waals surface area contributed by atoms with E-state index in [2.05, 4.69) is 9.71 Å². The Morgan fingerprint density at radius 3 is 2.50 bits per heavy atom. The number of anilines is 1. The van der Waals surface area contributed by atoms with E-state index in [0.29, 0.717) is 41.6 Å². The number of hydrogen-bond acceptors (Lipinski definition) is 6. The Labute approximate surface area is 122 Å². The molecule has 0 saturated carbocycles. The minimum Gasteiger partial charge on any atom is -0.375 e. The molecule has 1 fully saturated rings. The SMILES string of the molecule is Cc1nc(N)sc1C(=O)N1CCC(NS(C)(=O)=O)CC1. The van der Waals surface area contributed by atoms with Gasteiger partial charge in [-0.05, 0) is 19.8 Å². The first-order valence-corrected chi connectivity index (χ1v) is 8.96. The summed E-state index contributed by atoms with van der Waals surface area (Å²) in [6.07, 6.45) is 2.38. The second-order valence-electron chi connectivity index (χ2n) is 4.92. The van der Waals surface area contributed by atoms with Crippen molar-refractivity contribution in [2.45, 2.75) is 25.8 Å². The van der Waals surface area contributed by atoms with Gasteiger partial charge in [0, 0.05) is 19.1 Å². The summed E-state index contributed by atoms with van der Waals surface area (Å²) in [7, 11) is -3.19. The molecule has 0 unspecified atom stereocenters. The van der Waals surface area contributed by atoms with E-state index in [4.69, 9.17) is 5.73 Å². The van der Waals surface area contributed by atoms with Gasteiger partial charge in [0.2, 0.25) is 10.0 Å². The number of likely N-dealkylation sites (tertiary alicyclic amines) is 1.